The molecule has 3 rings (SSSR count). The van der Waals surface area contributed by atoms with Crippen molar-refractivity contribution in [3.63, 3.8) is 0 Å². The molecule has 0 aliphatic carbocycles. The van der Waals surface area contributed by atoms with Gasteiger partial charge in [-0.3, -0.25) is 4.79 Å². The minimum Gasteiger partial charge on any atom is -0.397 e. The monoisotopic (exact) mass is 324 g/mol. The molecule has 1 saturated heterocycles. The van der Waals surface area contributed by atoms with Crippen LogP contribution in [0.3, 0.4) is 0 Å². The van der Waals surface area contributed by atoms with Crippen LogP contribution in [-0.4, -0.2) is 48.9 Å². The van der Waals surface area contributed by atoms with Crippen molar-refractivity contribution in [2.24, 2.45) is 0 Å². The first-order valence-electron chi connectivity index (χ1n) is 8.33. The van der Waals surface area contributed by atoms with E-state index in [-0.39, 0.29) is 5.91 Å². The fourth-order valence-electron chi connectivity index (χ4n) is 2.97. The van der Waals surface area contributed by atoms with Crippen molar-refractivity contribution < 1.29 is 4.79 Å². The maximum absolute atomic E-state index is 13.0. The molecule has 0 spiro atoms. The van der Waals surface area contributed by atoms with Crippen molar-refractivity contribution >= 4 is 23.0 Å². The molecule has 0 atom stereocenters. The molecular formula is C19H24N4O. The Hall–Kier alpha value is -2.53. The largest absolute Gasteiger partial charge is 0.397 e. The van der Waals surface area contributed by atoms with Gasteiger partial charge in [-0.1, -0.05) is 24.3 Å². The van der Waals surface area contributed by atoms with Crippen molar-refractivity contribution in [3.05, 3.63) is 54.1 Å². The third-order valence-electron chi connectivity index (χ3n) is 4.38. The van der Waals surface area contributed by atoms with E-state index in [1.54, 1.807) is 0 Å². The number of hydrogen-bond acceptors (Lipinski definition) is 4. The van der Waals surface area contributed by atoms with Gasteiger partial charge in [0, 0.05) is 25.3 Å². The van der Waals surface area contributed by atoms with E-state index < -0.39 is 0 Å². The van der Waals surface area contributed by atoms with Crippen molar-refractivity contribution in [2.75, 3.05) is 44.3 Å². The Morgan fingerprint density at radius 1 is 1.00 bits per heavy atom. The summed E-state index contributed by atoms with van der Waals surface area (Å²) >= 11 is 0. The van der Waals surface area contributed by atoms with Crippen LogP contribution in [0.1, 0.15) is 16.8 Å². The lowest BCUT2D eigenvalue weighted by atomic mass is 10.1. The van der Waals surface area contributed by atoms with Crippen molar-refractivity contribution in [3.8, 4) is 0 Å². The molecule has 1 amide bonds. The third kappa shape index (κ3) is 3.68. The van der Waals surface area contributed by atoms with Crippen LogP contribution in [0.5, 0.6) is 0 Å². The number of nitrogens with one attached hydrogen (secondary N) is 1. The maximum atomic E-state index is 13.0. The second-order valence-corrected chi connectivity index (χ2v) is 6.21. The van der Waals surface area contributed by atoms with E-state index in [1.807, 2.05) is 53.4 Å². The molecule has 0 unspecified atom stereocenters. The van der Waals surface area contributed by atoms with Gasteiger partial charge in [0.2, 0.25) is 0 Å². The number of nitrogens with zero attached hydrogens (tertiary/aromatic N) is 2. The molecule has 2 aromatic carbocycles. The number of amides is 1. The molecule has 1 heterocycles. The smallest absolute Gasteiger partial charge is 0.256 e. The maximum Gasteiger partial charge on any atom is 0.256 e. The number of likely N-dealkylation sites (N-methyl/N-ethyl adjacent to an activating group) is 1. The summed E-state index contributed by atoms with van der Waals surface area (Å²) < 4.78 is 0. The Morgan fingerprint density at radius 3 is 2.58 bits per heavy atom. The molecule has 0 bridgehead atoms. The summed E-state index contributed by atoms with van der Waals surface area (Å²) in [7, 11) is 2.09. The highest BCUT2D eigenvalue weighted by atomic mass is 16.2. The van der Waals surface area contributed by atoms with E-state index in [0.717, 1.165) is 38.3 Å². The number of anilines is 3. The van der Waals surface area contributed by atoms with Gasteiger partial charge in [-0.25, -0.2) is 0 Å². The lowest BCUT2D eigenvalue weighted by Crippen LogP contribution is -2.34. The predicted molar refractivity (Wildman–Crippen MR) is 98.6 cm³/mol. The van der Waals surface area contributed by atoms with Gasteiger partial charge in [0.25, 0.3) is 5.91 Å². The van der Waals surface area contributed by atoms with E-state index >= 15 is 0 Å². The summed E-state index contributed by atoms with van der Waals surface area (Å²) in [5, 5.41) is 3.30. The van der Waals surface area contributed by atoms with Crippen LogP contribution < -0.4 is 11.1 Å². The summed E-state index contributed by atoms with van der Waals surface area (Å²) in [5.41, 5.74) is 8.96. The van der Waals surface area contributed by atoms with Crippen LogP contribution in [0.2, 0.25) is 0 Å². The molecule has 5 nitrogen and oxygen atoms in total. The molecule has 5 heteroatoms. The Labute approximate surface area is 143 Å². The normalized spacial score (nSPS) is 15.8. The van der Waals surface area contributed by atoms with E-state index in [2.05, 4.69) is 17.3 Å². The third-order valence-corrected chi connectivity index (χ3v) is 4.38. The van der Waals surface area contributed by atoms with Crippen molar-refractivity contribution in [1.82, 2.24) is 9.80 Å². The Kier molecular flexibility index (Phi) is 5.01. The van der Waals surface area contributed by atoms with Crippen LogP contribution in [0.15, 0.2) is 48.5 Å². The minimum absolute atomic E-state index is 0.0380. The zero-order valence-electron chi connectivity index (χ0n) is 14.0. The van der Waals surface area contributed by atoms with Crippen molar-refractivity contribution in [2.45, 2.75) is 6.42 Å². The van der Waals surface area contributed by atoms with Crippen molar-refractivity contribution in [1.29, 1.82) is 0 Å². The zero-order valence-corrected chi connectivity index (χ0v) is 14.0. The van der Waals surface area contributed by atoms with Gasteiger partial charge in [-0.2, -0.15) is 0 Å². The second-order valence-electron chi connectivity index (χ2n) is 6.21. The van der Waals surface area contributed by atoms with Gasteiger partial charge >= 0.3 is 0 Å². The number of carbonyl (C=O) groups excluding carboxylic acids is 1. The average molecular weight is 324 g/mol. The Balaban J connectivity index is 1.87. The minimum atomic E-state index is 0.0380. The zero-order chi connectivity index (χ0) is 16.9. The lowest BCUT2D eigenvalue weighted by molar-refractivity contribution is 0.0764. The summed E-state index contributed by atoms with van der Waals surface area (Å²) in [5.74, 6) is 0.0380. The van der Waals surface area contributed by atoms with Crippen LogP contribution in [0, 0.1) is 0 Å². The molecule has 3 N–H and O–H groups in total. The topological polar surface area (TPSA) is 61.6 Å². The quantitative estimate of drug-likeness (QED) is 0.852. The molecular weight excluding hydrogens is 300 g/mol. The number of para-hydroxylation sites is 2. The number of carbonyl (C=O) groups is 1. The van der Waals surface area contributed by atoms with Gasteiger partial charge in [0.15, 0.2) is 0 Å². The highest BCUT2D eigenvalue weighted by Crippen LogP contribution is 2.28. The fraction of sp³-hybridized carbons (Fsp3) is 0.316. The lowest BCUT2D eigenvalue weighted by Gasteiger charge is -2.23. The van der Waals surface area contributed by atoms with E-state index in [0.29, 0.717) is 16.9 Å². The second kappa shape index (κ2) is 7.36. The predicted octanol–water partition coefficient (Wildman–Crippen LogP) is 2.79. The number of nitrogens with two attached hydrogens (primary N) is 1. The van der Waals surface area contributed by atoms with E-state index in [9.17, 15) is 4.79 Å². The van der Waals surface area contributed by atoms with Crippen LogP contribution >= 0.6 is 0 Å². The van der Waals surface area contributed by atoms with Crippen LogP contribution in [-0.2, 0) is 0 Å². The first-order valence-corrected chi connectivity index (χ1v) is 8.33. The highest BCUT2D eigenvalue weighted by Gasteiger charge is 2.22. The Bertz CT molecular complexity index is 702. The number of benzene rings is 2. The molecule has 1 aliphatic rings. The summed E-state index contributed by atoms with van der Waals surface area (Å²) in [4.78, 5) is 17.2. The van der Waals surface area contributed by atoms with Gasteiger partial charge < -0.3 is 20.9 Å². The molecule has 0 radical (unpaired) electrons. The first kappa shape index (κ1) is 16.3. The molecule has 2 aromatic rings. The molecule has 0 saturated carbocycles. The van der Waals surface area contributed by atoms with Crippen LogP contribution in [0.25, 0.3) is 0 Å². The Morgan fingerprint density at radius 2 is 1.79 bits per heavy atom. The van der Waals surface area contributed by atoms with Gasteiger partial charge in [-0.15, -0.1) is 0 Å². The highest BCUT2D eigenvalue weighted by molar-refractivity contribution is 6.03. The summed E-state index contributed by atoms with van der Waals surface area (Å²) in [6, 6.07) is 15.3. The first-order chi connectivity index (χ1) is 11.6. The van der Waals surface area contributed by atoms with E-state index in [1.165, 1.54) is 0 Å². The van der Waals surface area contributed by atoms with Gasteiger partial charge in [-0.05, 0) is 44.3 Å². The van der Waals surface area contributed by atoms with Crippen LogP contribution in [0.4, 0.5) is 17.1 Å². The van der Waals surface area contributed by atoms with Gasteiger partial charge in [0.1, 0.15) is 0 Å². The average Bonchev–Trinajstić information content (AvgIpc) is 2.82. The van der Waals surface area contributed by atoms with E-state index in [4.69, 9.17) is 5.73 Å². The molecule has 1 fully saturated rings. The summed E-state index contributed by atoms with van der Waals surface area (Å²) in [6.07, 6.45) is 0.992. The molecule has 0 aromatic heterocycles. The van der Waals surface area contributed by atoms with Gasteiger partial charge in [0.05, 0.1) is 16.9 Å². The molecule has 24 heavy (non-hydrogen) atoms. The standard InChI is InChI=1S/C19H24N4O/c1-22-11-6-12-23(14-13-22)19(24)16-9-5-10-17(20)18(16)21-15-7-3-2-4-8-15/h2-5,7-10,21H,6,11-14,20H2,1H3. The number of rotatable bonds is 3. The fourth-order valence-corrected chi connectivity index (χ4v) is 2.97. The number of hydrogen-bond donors (Lipinski definition) is 2. The molecule has 1 aliphatic heterocycles. The number of nitrogen functional groups attached to an aromatic ring is 1. The summed E-state index contributed by atoms with van der Waals surface area (Å²) in [6.45, 7) is 3.45. The molecule has 126 valence electrons. The SMILES string of the molecule is CN1CCCN(C(=O)c2cccc(N)c2Nc2ccccc2)CC1.